The van der Waals surface area contributed by atoms with Gasteiger partial charge in [-0.3, -0.25) is 9.69 Å². The second-order valence-corrected chi connectivity index (χ2v) is 8.67. The highest BCUT2D eigenvalue weighted by Gasteiger charge is 2.51. The predicted octanol–water partition coefficient (Wildman–Crippen LogP) is 4.83. The molecule has 0 aliphatic carbocycles. The molecule has 0 bridgehead atoms. The Balaban J connectivity index is 1.95. The summed E-state index contributed by atoms with van der Waals surface area (Å²) in [5.41, 5.74) is -3.63. The smallest absolute Gasteiger partial charge is 0.417 e. The fourth-order valence-corrected chi connectivity index (χ4v) is 4.24. The van der Waals surface area contributed by atoms with Crippen molar-refractivity contribution in [2.24, 2.45) is 0 Å². The van der Waals surface area contributed by atoms with Crippen LogP contribution in [0.25, 0.3) is 0 Å². The molecular weight excluding hydrogens is 502 g/mol. The highest BCUT2D eigenvalue weighted by atomic mass is 32.1. The van der Waals surface area contributed by atoms with Crippen molar-refractivity contribution in [1.29, 1.82) is 5.26 Å². The summed E-state index contributed by atoms with van der Waals surface area (Å²) in [6.45, 7) is 3.35. The van der Waals surface area contributed by atoms with Gasteiger partial charge in [0.05, 0.1) is 35.1 Å². The summed E-state index contributed by atoms with van der Waals surface area (Å²) in [5.74, 6) is -2.47. The first-order valence-electron chi connectivity index (χ1n) is 10.6. The normalized spacial score (nSPS) is 15.3. The van der Waals surface area contributed by atoms with Crippen molar-refractivity contribution >= 4 is 40.6 Å². The number of esters is 1. The van der Waals surface area contributed by atoms with Crippen LogP contribution in [-0.4, -0.2) is 42.9 Å². The number of benzene rings is 2. The molecule has 7 nitrogen and oxygen atoms in total. The van der Waals surface area contributed by atoms with Gasteiger partial charge >= 0.3 is 12.1 Å². The number of carbonyl (C=O) groups is 2. The van der Waals surface area contributed by atoms with E-state index in [0.717, 1.165) is 17.0 Å². The third-order valence-corrected chi connectivity index (χ3v) is 5.88. The third kappa shape index (κ3) is 5.03. The van der Waals surface area contributed by atoms with Gasteiger partial charge in [-0.05, 0) is 62.5 Å². The van der Waals surface area contributed by atoms with E-state index in [-0.39, 0.29) is 28.7 Å². The molecule has 190 valence electrons. The Bertz CT molecular complexity index is 1260. The number of hydrogen-bond acceptors (Lipinski definition) is 6. The molecule has 3 rings (SSSR count). The number of hydrogen-bond donors (Lipinski definition) is 0. The maximum Gasteiger partial charge on any atom is 0.417 e. The summed E-state index contributed by atoms with van der Waals surface area (Å²) in [6, 6.07) is 7.83. The molecule has 1 aliphatic heterocycles. The summed E-state index contributed by atoms with van der Waals surface area (Å²) in [5, 5.41) is 8.84. The molecule has 0 atom stereocenters. The average Bonchev–Trinajstić information content (AvgIpc) is 2.99. The quantitative estimate of drug-likeness (QED) is 0.223. The fourth-order valence-electron chi connectivity index (χ4n) is 3.71. The molecule has 0 aromatic heterocycles. The summed E-state index contributed by atoms with van der Waals surface area (Å²) in [7, 11) is 1.49. The van der Waals surface area contributed by atoms with Crippen molar-refractivity contribution in [3.8, 4) is 6.07 Å². The number of carbonyl (C=O) groups excluding carboxylic acids is 2. The van der Waals surface area contributed by atoms with E-state index in [4.69, 9.17) is 27.0 Å². The second-order valence-electron chi connectivity index (χ2n) is 8.30. The van der Waals surface area contributed by atoms with Gasteiger partial charge < -0.3 is 14.4 Å². The molecule has 0 saturated carbocycles. The Labute approximate surface area is 209 Å². The molecule has 1 fully saturated rings. The number of alkyl halides is 3. The molecule has 2 aromatic rings. The largest absolute Gasteiger partial charge is 0.462 e. The van der Waals surface area contributed by atoms with Crippen molar-refractivity contribution in [3.63, 3.8) is 0 Å². The zero-order chi connectivity index (χ0) is 26.8. The van der Waals surface area contributed by atoms with Crippen molar-refractivity contribution in [3.05, 3.63) is 58.9 Å². The molecule has 0 unspecified atom stereocenters. The Morgan fingerprint density at radius 3 is 2.39 bits per heavy atom. The van der Waals surface area contributed by atoms with Gasteiger partial charge in [-0.15, -0.1) is 0 Å². The van der Waals surface area contributed by atoms with Gasteiger partial charge in [-0.25, -0.2) is 9.18 Å². The summed E-state index contributed by atoms with van der Waals surface area (Å²) < 4.78 is 65.1. The van der Waals surface area contributed by atoms with Gasteiger partial charge in [-0.1, -0.05) is 0 Å². The SMILES string of the molecule is COCCCOC(=O)c1ccc(N2C(=S)N(c3ccc(C#N)c(C(F)(F)F)c3)C(=O)C2(C)C)cc1F. The number of methoxy groups -OCH3 is 1. The van der Waals surface area contributed by atoms with Gasteiger partial charge in [0.1, 0.15) is 11.4 Å². The van der Waals surface area contributed by atoms with Crippen LogP contribution < -0.4 is 9.80 Å². The lowest BCUT2D eigenvalue weighted by Crippen LogP contribution is -2.44. The van der Waals surface area contributed by atoms with Crippen LogP contribution in [0.3, 0.4) is 0 Å². The van der Waals surface area contributed by atoms with Crippen LogP contribution in [0, 0.1) is 17.1 Å². The first kappa shape index (κ1) is 27.0. The zero-order valence-corrected chi connectivity index (χ0v) is 20.3. The van der Waals surface area contributed by atoms with E-state index in [1.165, 1.54) is 50.1 Å². The highest BCUT2D eigenvalue weighted by Crippen LogP contribution is 2.39. The van der Waals surface area contributed by atoms with E-state index in [1.807, 2.05) is 0 Å². The molecule has 1 aliphatic rings. The molecular formula is C24H21F4N3O4S. The van der Waals surface area contributed by atoms with Crippen LogP contribution in [0.1, 0.15) is 41.8 Å². The monoisotopic (exact) mass is 523 g/mol. The minimum absolute atomic E-state index is 0.0328. The minimum Gasteiger partial charge on any atom is -0.462 e. The Morgan fingerprint density at radius 1 is 1.14 bits per heavy atom. The van der Waals surface area contributed by atoms with Crippen LogP contribution in [-0.2, 0) is 20.4 Å². The van der Waals surface area contributed by atoms with Crippen molar-refractivity contribution in [1.82, 2.24) is 0 Å². The zero-order valence-electron chi connectivity index (χ0n) is 19.5. The number of rotatable bonds is 7. The van der Waals surface area contributed by atoms with E-state index in [1.54, 1.807) is 0 Å². The highest BCUT2D eigenvalue weighted by molar-refractivity contribution is 7.81. The van der Waals surface area contributed by atoms with Gasteiger partial charge in [0.2, 0.25) is 0 Å². The van der Waals surface area contributed by atoms with E-state index in [2.05, 4.69) is 0 Å². The fraction of sp³-hybridized carbons (Fsp3) is 0.333. The third-order valence-electron chi connectivity index (χ3n) is 5.51. The van der Waals surface area contributed by atoms with E-state index in [9.17, 15) is 27.2 Å². The standard InChI is InChI=1S/C24H21F4N3O4S/c1-23(2)21(33)30(15-6-5-14(13-29)18(11-15)24(26,27)28)22(36)31(23)16-7-8-17(19(25)12-16)20(32)35-10-4-9-34-3/h5-8,11-12H,4,9-10H2,1-3H3. The number of nitrogens with zero attached hydrogens (tertiary/aromatic N) is 3. The molecule has 0 spiro atoms. The van der Waals surface area contributed by atoms with Crippen LogP contribution in [0.15, 0.2) is 36.4 Å². The molecule has 36 heavy (non-hydrogen) atoms. The maximum atomic E-state index is 14.8. The predicted molar refractivity (Wildman–Crippen MR) is 126 cm³/mol. The molecule has 1 heterocycles. The lowest BCUT2D eigenvalue weighted by atomic mass is 10.0. The number of anilines is 2. The van der Waals surface area contributed by atoms with Gasteiger partial charge in [0, 0.05) is 25.8 Å². The van der Waals surface area contributed by atoms with Crippen molar-refractivity contribution < 1.29 is 36.6 Å². The van der Waals surface area contributed by atoms with Gasteiger partial charge in [-0.2, -0.15) is 18.4 Å². The number of amides is 1. The van der Waals surface area contributed by atoms with E-state index in [0.29, 0.717) is 19.1 Å². The summed E-state index contributed by atoms with van der Waals surface area (Å²) in [4.78, 5) is 27.6. The van der Waals surface area contributed by atoms with E-state index >= 15 is 0 Å². The Kier molecular flexibility index (Phi) is 7.66. The number of thiocarbonyl (C=S) groups is 1. The number of halogens is 4. The maximum absolute atomic E-state index is 14.8. The van der Waals surface area contributed by atoms with Gasteiger partial charge in [0.15, 0.2) is 5.11 Å². The minimum atomic E-state index is -4.84. The lowest BCUT2D eigenvalue weighted by molar-refractivity contribution is -0.137. The molecule has 0 radical (unpaired) electrons. The average molecular weight is 524 g/mol. The number of ether oxygens (including phenoxy) is 2. The first-order valence-corrected chi connectivity index (χ1v) is 11.0. The van der Waals surface area contributed by atoms with Crippen LogP contribution in [0.2, 0.25) is 0 Å². The lowest BCUT2D eigenvalue weighted by Gasteiger charge is -2.29. The van der Waals surface area contributed by atoms with Crippen LogP contribution >= 0.6 is 12.2 Å². The molecule has 0 N–H and O–H groups in total. The van der Waals surface area contributed by atoms with Crippen molar-refractivity contribution in [2.75, 3.05) is 30.1 Å². The van der Waals surface area contributed by atoms with E-state index < -0.39 is 40.5 Å². The summed E-state index contributed by atoms with van der Waals surface area (Å²) >= 11 is 5.42. The summed E-state index contributed by atoms with van der Waals surface area (Å²) in [6.07, 6.45) is -4.40. The first-order chi connectivity index (χ1) is 16.8. The Morgan fingerprint density at radius 2 is 1.81 bits per heavy atom. The number of nitriles is 1. The van der Waals surface area contributed by atoms with Crippen LogP contribution in [0.5, 0.6) is 0 Å². The topological polar surface area (TPSA) is 82.9 Å². The molecule has 12 heteroatoms. The molecule has 1 amide bonds. The second kappa shape index (κ2) is 10.2. The molecule has 2 aromatic carbocycles. The Hall–Kier alpha value is -3.56. The van der Waals surface area contributed by atoms with Gasteiger partial charge in [0.25, 0.3) is 5.91 Å². The van der Waals surface area contributed by atoms with Crippen molar-refractivity contribution in [2.45, 2.75) is 32.0 Å². The molecule has 1 saturated heterocycles. The van der Waals surface area contributed by atoms with Crippen LogP contribution in [0.4, 0.5) is 28.9 Å².